The van der Waals surface area contributed by atoms with E-state index >= 15 is 0 Å². The van der Waals surface area contributed by atoms with Gasteiger partial charge in [0.05, 0.1) is 10.2 Å². The summed E-state index contributed by atoms with van der Waals surface area (Å²) >= 11 is 4.99. The molecule has 0 fully saturated rings. The zero-order valence-corrected chi connectivity index (χ0v) is 22.6. The maximum Gasteiger partial charge on any atom is 0.231 e. The van der Waals surface area contributed by atoms with E-state index in [4.69, 9.17) is 14.5 Å². The maximum atomic E-state index is 13.0. The number of thiophene rings is 1. The molecule has 0 bridgehead atoms. The van der Waals surface area contributed by atoms with Crippen molar-refractivity contribution in [3.8, 4) is 22.1 Å². The van der Waals surface area contributed by atoms with Crippen LogP contribution >= 0.6 is 34.4 Å². The third-order valence-corrected chi connectivity index (χ3v) is 9.42. The van der Waals surface area contributed by atoms with Crippen LogP contribution in [0.5, 0.6) is 11.5 Å². The number of fused-ring (bicyclic) bond motifs is 2. The van der Waals surface area contributed by atoms with Gasteiger partial charge in [0, 0.05) is 33.9 Å². The van der Waals surface area contributed by atoms with E-state index in [1.807, 2.05) is 48.5 Å². The largest absolute Gasteiger partial charge is 0.454 e. The van der Waals surface area contributed by atoms with Gasteiger partial charge in [0.2, 0.25) is 12.7 Å². The van der Waals surface area contributed by atoms with Crippen molar-refractivity contribution >= 4 is 55.6 Å². The van der Waals surface area contributed by atoms with Gasteiger partial charge in [0.25, 0.3) is 0 Å². The summed E-state index contributed by atoms with van der Waals surface area (Å²) in [6.07, 6.45) is 1.18. The molecule has 0 aliphatic carbocycles. The van der Waals surface area contributed by atoms with Gasteiger partial charge in [-0.2, -0.15) is 0 Å². The molecule has 0 radical (unpaired) electrons. The molecule has 1 amide bonds. The Morgan fingerprint density at radius 3 is 2.68 bits per heavy atom. The normalized spacial score (nSPS) is 12.2. The number of benzene rings is 3. The van der Waals surface area contributed by atoms with Crippen molar-refractivity contribution < 1.29 is 14.3 Å². The summed E-state index contributed by atoms with van der Waals surface area (Å²) in [6.45, 7) is 2.39. The smallest absolute Gasteiger partial charge is 0.231 e. The first-order chi connectivity index (χ1) is 18.1. The van der Waals surface area contributed by atoms with Crippen LogP contribution in [-0.2, 0) is 11.2 Å². The van der Waals surface area contributed by atoms with E-state index in [2.05, 4.69) is 36.5 Å². The van der Waals surface area contributed by atoms with E-state index in [9.17, 15) is 4.79 Å². The summed E-state index contributed by atoms with van der Waals surface area (Å²) in [7, 11) is 0. The molecule has 3 heterocycles. The van der Waals surface area contributed by atoms with Crippen molar-refractivity contribution in [2.75, 3.05) is 17.9 Å². The van der Waals surface area contributed by atoms with Crippen molar-refractivity contribution in [3.63, 3.8) is 0 Å². The zero-order valence-electron chi connectivity index (χ0n) is 20.2. The molecular weight excluding hydrogens is 521 g/mol. The Morgan fingerprint density at radius 2 is 1.81 bits per heavy atom. The summed E-state index contributed by atoms with van der Waals surface area (Å²) in [5.74, 6) is 2.30. The second-order valence-electron chi connectivity index (χ2n) is 8.67. The number of rotatable bonds is 8. The first kappa shape index (κ1) is 24.0. The van der Waals surface area contributed by atoms with E-state index in [1.165, 1.54) is 9.77 Å². The average Bonchev–Trinajstić information content (AvgIpc) is 3.62. The molecule has 0 atom stereocenters. The van der Waals surface area contributed by atoms with Crippen molar-refractivity contribution in [2.24, 2.45) is 0 Å². The van der Waals surface area contributed by atoms with Gasteiger partial charge < -0.3 is 14.8 Å². The van der Waals surface area contributed by atoms with Crippen molar-refractivity contribution in [1.82, 2.24) is 4.98 Å². The molecule has 0 unspecified atom stereocenters. The minimum atomic E-state index is 0.0154. The molecule has 1 N–H and O–H groups in total. The number of ether oxygens (including phenoxy) is 2. The van der Waals surface area contributed by atoms with Crippen LogP contribution in [0.2, 0.25) is 0 Å². The summed E-state index contributed by atoms with van der Waals surface area (Å²) in [5.41, 5.74) is 4.28. The number of thioether (sulfide) groups is 1. The molecule has 186 valence electrons. The van der Waals surface area contributed by atoms with Gasteiger partial charge in [-0.05, 0) is 54.4 Å². The summed E-state index contributed by atoms with van der Waals surface area (Å²) in [5, 5.41) is 5.01. The Balaban J connectivity index is 1.27. The van der Waals surface area contributed by atoms with Crippen molar-refractivity contribution in [2.45, 2.75) is 24.7 Å². The highest BCUT2D eigenvalue weighted by Crippen LogP contribution is 2.44. The third kappa shape index (κ3) is 5.23. The van der Waals surface area contributed by atoms with E-state index < -0.39 is 0 Å². The van der Waals surface area contributed by atoms with Gasteiger partial charge in [-0.25, -0.2) is 4.98 Å². The lowest BCUT2D eigenvalue weighted by Gasteiger charge is -2.06. The topological polar surface area (TPSA) is 60.5 Å². The van der Waals surface area contributed by atoms with Gasteiger partial charge in [-0.15, -0.1) is 34.4 Å². The number of carbonyl (C=O) groups excluding carboxylic acids is 1. The Hall–Kier alpha value is -3.33. The molecule has 1 aliphatic heterocycles. The molecule has 3 aromatic carbocycles. The first-order valence-electron chi connectivity index (χ1n) is 12.0. The molecular formula is C29H24N2O3S3. The van der Waals surface area contributed by atoms with Gasteiger partial charge >= 0.3 is 0 Å². The number of nitrogens with zero attached hydrogens (tertiary/aromatic N) is 1. The zero-order chi connectivity index (χ0) is 25.2. The molecule has 0 spiro atoms. The predicted molar refractivity (Wildman–Crippen MR) is 153 cm³/mol. The number of para-hydroxylation sites is 1. The fourth-order valence-electron chi connectivity index (χ4n) is 4.26. The third-order valence-electron chi connectivity index (χ3n) is 6.15. The number of aromatic nitrogens is 1. The second-order valence-corrected chi connectivity index (χ2v) is 12.0. The Labute approximate surface area is 227 Å². The number of anilines is 1. The number of hydrogen-bond acceptors (Lipinski definition) is 7. The lowest BCUT2D eigenvalue weighted by Crippen LogP contribution is -2.11. The molecule has 0 saturated carbocycles. The lowest BCUT2D eigenvalue weighted by atomic mass is 10.1. The van der Waals surface area contributed by atoms with Crippen LogP contribution < -0.4 is 14.8 Å². The van der Waals surface area contributed by atoms with E-state index in [0.29, 0.717) is 6.42 Å². The van der Waals surface area contributed by atoms with Crippen LogP contribution in [0.25, 0.3) is 20.8 Å². The summed E-state index contributed by atoms with van der Waals surface area (Å²) in [4.78, 5) is 20.3. The quantitative estimate of drug-likeness (QED) is 0.202. The highest BCUT2D eigenvalue weighted by atomic mass is 32.2. The monoisotopic (exact) mass is 544 g/mol. The van der Waals surface area contributed by atoms with Gasteiger partial charge in [-0.3, -0.25) is 4.79 Å². The molecule has 1 aliphatic rings. The van der Waals surface area contributed by atoms with Crippen molar-refractivity contribution in [1.29, 1.82) is 0 Å². The highest BCUT2D eigenvalue weighted by Gasteiger charge is 2.22. The molecule has 5 aromatic rings. The number of hydrogen-bond donors (Lipinski definition) is 1. The summed E-state index contributed by atoms with van der Waals surface area (Å²) in [6, 6.07) is 24.4. The molecule has 8 heteroatoms. The van der Waals surface area contributed by atoms with Crippen LogP contribution in [0.4, 0.5) is 5.00 Å². The maximum absolute atomic E-state index is 13.0. The molecule has 0 saturated heterocycles. The van der Waals surface area contributed by atoms with E-state index in [-0.39, 0.29) is 12.7 Å². The van der Waals surface area contributed by atoms with E-state index in [1.54, 1.807) is 34.4 Å². The second kappa shape index (κ2) is 10.6. The van der Waals surface area contributed by atoms with Gasteiger partial charge in [0.1, 0.15) is 10.0 Å². The van der Waals surface area contributed by atoms with Crippen LogP contribution in [0.3, 0.4) is 0 Å². The predicted octanol–water partition coefficient (Wildman–Crippen LogP) is 7.77. The average molecular weight is 545 g/mol. The Kier molecular flexibility index (Phi) is 6.87. The van der Waals surface area contributed by atoms with E-state index in [0.717, 1.165) is 60.6 Å². The fraction of sp³-hybridized carbons (Fsp3) is 0.172. The van der Waals surface area contributed by atoms with Crippen LogP contribution in [0.15, 0.2) is 77.7 Å². The molecule has 5 nitrogen and oxygen atoms in total. The number of amides is 1. The standard InChI is InChI=1S/C29H24N2O3S3/c1-18-25(16-19-11-12-22-23(15-19)34-17-33-22)37-29(27(18)28-30-21-9-5-6-10-24(21)36-28)31-26(32)13-14-35-20-7-3-2-4-8-20/h2-12,15H,13-14,16-17H2,1H3,(H,31,32). The molecule has 6 rings (SSSR count). The first-order valence-corrected chi connectivity index (χ1v) is 14.6. The van der Waals surface area contributed by atoms with Crippen molar-refractivity contribution in [3.05, 3.63) is 88.8 Å². The van der Waals surface area contributed by atoms with Gasteiger partial charge in [-0.1, -0.05) is 36.4 Å². The van der Waals surface area contributed by atoms with Crippen LogP contribution in [-0.4, -0.2) is 23.4 Å². The highest BCUT2D eigenvalue weighted by molar-refractivity contribution is 7.99. The Morgan fingerprint density at radius 1 is 1.00 bits per heavy atom. The number of carbonyl (C=O) groups is 1. The van der Waals surface area contributed by atoms with Gasteiger partial charge in [0.15, 0.2) is 11.5 Å². The minimum absolute atomic E-state index is 0.0154. The van der Waals surface area contributed by atoms with Crippen LogP contribution in [0, 0.1) is 6.92 Å². The lowest BCUT2D eigenvalue weighted by molar-refractivity contribution is -0.115. The minimum Gasteiger partial charge on any atom is -0.454 e. The SMILES string of the molecule is Cc1c(Cc2ccc3c(c2)OCO3)sc(NC(=O)CCSc2ccccc2)c1-c1nc2ccccc2s1. The fourth-order valence-corrected chi connectivity index (χ4v) is 7.53. The number of nitrogens with one attached hydrogen (secondary N) is 1. The summed E-state index contributed by atoms with van der Waals surface area (Å²) < 4.78 is 12.2. The van der Waals surface area contributed by atoms with Crippen LogP contribution in [0.1, 0.15) is 22.4 Å². The molecule has 37 heavy (non-hydrogen) atoms. The number of thiazole rings is 1. The molecule has 2 aromatic heterocycles. The Bertz CT molecular complexity index is 1540.